The van der Waals surface area contributed by atoms with E-state index in [0.29, 0.717) is 5.56 Å². The maximum Gasteiger partial charge on any atom is 0.256 e. The van der Waals surface area contributed by atoms with E-state index in [1.807, 2.05) is 12.1 Å². The second-order valence-corrected chi connectivity index (χ2v) is 11.8. The van der Waals surface area contributed by atoms with Gasteiger partial charge in [-0.05, 0) is 35.1 Å². The Hall–Kier alpha value is -2.56. The van der Waals surface area contributed by atoms with E-state index >= 15 is 0 Å². The van der Waals surface area contributed by atoms with Gasteiger partial charge in [0.05, 0.1) is 10.5 Å². The molecule has 0 saturated carbocycles. The standard InChI is InChI=1S/C22H25N3O5S2/c1-22(2,3)13-4-6-14(7-5-13)32(29,30)23-10-18-15-11-25(21(28)16(15)12-31-18)17-8-9-19(26)24-20(17)27/h4-7,12,17,23H,8-11H2,1-3H3,(H,24,26,27). The maximum atomic E-state index is 12.8. The zero-order valence-electron chi connectivity index (χ0n) is 18.1. The minimum atomic E-state index is -3.72. The first-order chi connectivity index (χ1) is 15.0. The van der Waals surface area contributed by atoms with Crippen LogP contribution in [-0.2, 0) is 38.1 Å². The molecule has 1 unspecified atom stereocenters. The third-order valence-electron chi connectivity index (χ3n) is 5.84. The van der Waals surface area contributed by atoms with Gasteiger partial charge in [-0.25, -0.2) is 13.1 Å². The number of hydrogen-bond donors (Lipinski definition) is 2. The van der Waals surface area contributed by atoms with E-state index in [0.717, 1.165) is 16.0 Å². The topological polar surface area (TPSA) is 113 Å². The highest BCUT2D eigenvalue weighted by Gasteiger charge is 2.40. The molecule has 1 saturated heterocycles. The zero-order valence-corrected chi connectivity index (χ0v) is 19.7. The van der Waals surface area contributed by atoms with E-state index in [1.54, 1.807) is 17.5 Å². The van der Waals surface area contributed by atoms with E-state index in [4.69, 9.17) is 0 Å². The van der Waals surface area contributed by atoms with Crippen molar-refractivity contribution in [2.45, 2.75) is 63.1 Å². The first kappa shape index (κ1) is 22.6. The van der Waals surface area contributed by atoms with Gasteiger partial charge in [0.15, 0.2) is 0 Å². The average Bonchev–Trinajstić information content (AvgIpc) is 3.26. The number of benzene rings is 1. The molecule has 3 amide bonds. The molecule has 4 rings (SSSR count). The third kappa shape index (κ3) is 4.22. The lowest BCUT2D eigenvalue weighted by molar-refractivity contribution is -0.136. The van der Waals surface area contributed by atoms with Crippen molar-refractivity contribution in [2.24, 2.45) is 0 Å². The summed E-state index contributed by atoms with van der Waals surface area (Å²) in [4.78, 5) is 38.8. The molecule has 0 bridgehead atoms. The van der Waals surface area contributed by atoms with Crippen molar-refractivity contribution in [3.63, 3.8) is 0 Å². The van der Waals surface area contributed by atoms with Gasteiger partial charge < -0.3 is 4.90 Å². The molecule has 1 fully saturated rings. The maximum absolute atomic E-state index is 12.8. The Balaban J connectivity index is 1.47. The van der Waals surface area contributed by atoms with Gasteiger partial charge in [0, 0.05) is 29.8 Å². The number of thiophene rings is 1. The van der Waals surface area contributed by atoms with E-state index in [2.05, 4.69) is 30.8 Å². The van der Waals surface area contributed by atoms with Gasteiger partial charge in [0.1, 0.15) is 6.04 Å². The summed E-state index contributed by atoms with van der Waals surface area (Å²) in [6, 6.07) is 6.12. The molecule has 2 aromatic rings. The summed E-state index contributed by atoms with van der Waals surface area (Å²) in [5, 5.41) is 3.98. The van der Waals surface area contributed by atoms with Crippen LogP contribution in [-0.4, -0.2) is 37.1 Å². The highest BCUT2D eigenvalue weighted by molar-refractivity contribution is 7.89. The molecule has 2 aliphatic rings. The number of sulfonamides is 1. The van der Waals surface area contributed by atoms with Crippen LogP contribution in [0, 0.1) is 0 Å². The predicted octanol–water partition coefficient (Wildman–Crippen LogP) is 2.29. The Morgan fingerprint density at radius 2 is 1.84 bits per heavy atom. The fourth-order valence-corrected chi connectivity index (χ4v) is 5.99. The monoisotopic (exact) mass is 475 g/mol. The summed E-state index contributed by atoms with van der Waals surface area (Å²) in [5.74, 6) is -1.07. The Kier molecular flexibility index (Phi) is 5.72. The number of hydrogen-bond acceptors (Lipinski definition) is 6. The fourth-order valence-electron chi connectivity index (χ4n) is 3.93. The zero-order chi connectivity index (χ0) is 23.3. The summed E-state index contributed by atoms with van der Waals surface area (Å²) >= 11 is 1.32. The van der Waals surface area contributed by atoms with Crippen molar-refractivity contribution in [3.8, 4) is 0 Å². The molecule has 1 aromatic carbocycles. The number of carbonyl (C=O) groups excluding carboxylic acids is 3. The molecule has 1 atom stereocenters. The first-order valence-corrected chi connectivity index (χ1v) is 12.7. The molecule has 1 aromatic heterocycles. The summed E-state index contributed by atoms with van der Waals surface area (Å²) in [6.45, 7) is 6.46. The van der Waals surface area contributed by atoms with Gasteiger partial charge in [-0.1, -0.05) is 32.9 Å². The summed E-state index contributed by atoms with van der Waals surface area (Å²) in [5.41, 5.74) is 2.19. The molecule has 2 aliphatic heterocycles. The van der Waals surface area contributed by atoms with E-state index in [1.165, 1.54) is 16.2 Å². The first-order valence-electron chi connectivity index (χ1n) is 10.3. The van der Waals surface area contributed by atoms with Crippen molar-refractivity contribution in [1.29, 1.82) is 0 Å². The molecular weight excluding hydrogens is 450 g/mol. The number of rotatable bonds is 5. The second kappa shape index (κ2) is 8.09. The van der Waals surface area contributed by atoms with Crippen molar-refractivity contribution in [1.82, 2.24) is 14.9 Å². The normalized spacial score (nSPS) is 19.3. The van der Waals surface area contributed by atoms with Crippen molar-refractivity contribution in [3.05, 3.63) is 51.2 Å². The fraction of sp³-hybridized carbons (Fsp3) is 0.409. The number of nitrogens with one attached hydrogen (secondary N) is 2. The quantitative estimate of drug-likeness (QED) is 0.645. The number of carbonyl (C=O) groups is 3. The number of imide groups is 1. The highest BCUT2D eigenvalue weighted by atomic mass is 32.2. The van der Waals surface area contributed by atoms with Crippen molar-refractivity contribution in [2.75, 3.05) is 0 Å². The lowest BCUT2D eigenvalue weighted by atomic mass is 9.87. The van der Waals surface area contributed by atoms with E-state index in [9.17, 15) is 22.8 Å². The van der Waals surface area contributed by atoms with Gasteiger partial charge in [-0.2, -0.15) is 0 Å². The van der Waals surface area contributed by atoms with Crippen LogP contribution in [0.5, 0.6) is 0 Å². The van der Waals surface area contributed by atoms with E-state index < -0.39 is 22.0 Å². The van der Waals surface area contributed by atoms with Crippen LogP contribution in [0.1, 0.15) is 60.0 Å². The molecule has 170 valence electrons. The molecule has 0 spiro atoms. The Bertz CT molecular complexity index is 1190. The van der Waals surface area contributed by atoms with Gasteiger partial charge >= 0.3 is 0 Å². The van der Waals surface area contributed by atoms with Gasteiger partial charge in [0.25, 0.3) is 5.91 Å². The third-order valence-corrected chi connectivity index (χ3v) is 8.29. The largest absolute Gasteiger partial charge is 0.322 e. The molecule has 3 heterocycles. The molecule has 10 heteroatoms. The van der Waals surface area contributed by atoms with Crippen molar-refractivity contribution < 1.29 is 22.8 Å². The van der Waals surface area contributed by atoms with Gasteiger partial charge in [-0.3, -0.25) is 19.7 Å². The molecular formula is C22H25N3O5S2. The molecule has 8 nitrogen and oxygen atoms in total. The lowest BCUT2D eigenvalue weighted by Crippen LogP contribution is -2.52. The Morgan fingerprint density at radius 3 is 2.47 bits per heavy atom. The number of piperidine rings is 1. The highest BCUT2D eigenvalue weighted by Crippen LogP contribution is 2.34. The van der Waals surface area contributed by atoms with Crippen molar-refractivity contribution >= 4 is 39.1 Å². The minimum absolute atomic E-state index is 0.0554. The van der Waals surface area contributed by atoms with Crippen LogP contribution in [0.3, 0.4) is 0 Å². The van der Waals surface area contributed by atoms with E-state index in [-0.39, 0.29) is 48.1 Å². The Labute approximate surface area is 191 Å². The van der Waals surface area contributed by atoms with Crippen LogP contribution in [0.2, 0.25) is 0 Å². The van der Waals surface area contributed by atoms with Crippen LogP contribution in [0.25, 0.3) is 0 Å². The minimum Gasteiger partial charge on any atom is -0.322 e. The molecule has 32 heavy (non-hydrogen) atoms. The average molecular weight is 476 g/mol. The second-order valence-electron chi connectivity index (χ2n) is 9.05. The molecule has 0 aliphatic carbocycles. The SMILES string of the molecule is CC(C)(C)c1ccc(S(=O)(=O)NCc2scc3c2CN(C2CCC(=O)NC2=O)C3=O)cc1. The van der Waals surface area contributed by atoms with Crippen LogP contribution in [0.15, 0.2) is 34.5 Å². The lowest BCUT2D eigenvalue weighted by Gasteiger charge is -2.29. The van der Waals surface area contributed by atoms with Crippen LogP contribution >= 0.6 is 11.3 Å². The van der Waals surface area contributed by atoms with Crippen LogP contribution in [0.4, 0.5) is 0 Å². The number of amides is 3. The predicted molar refractivity (Wildman–Crippen MR) is 120 cm³/mol. The number of nitrogens with zero attached hydrogens (tertiary/aromatic N) is 1. The van der Waals surface area contributed by atoms with Crippen LogP contribution < -0.4 is 10.0 Å². The molecule has 0 radical (unpaired) electrons. The molecule has 2 N–H and O–H groups in total. The summed E-state index contributed by atoms with van der Waals surface area (Å²) in [7, 11) is -3.72. The summed E-state index contributed by atoms with van der Waals surface area (Å²) in [6.07, 6.45) is 0.477. The van der Waals surface area contributed by atoms with Gasteiger partial charge in [-0.15, -0.1) is 11.3 Å². The smallest absolute Gasteiger partial charge is 0.256 e. The Morgan fingerprint density at radius 1 is 1.16 bits per heavy atom. The van der Waals surface area contributed by atoms with Gasteiger partial charge in [0.2, 0.25) is 21.8 Å². The summed E-state index contributed by atoms with van der Waals surface area (Å²) < 4.78 is 28.2. The number of fused-ring (bicyclic) bond motifs is 1.